The second kappa shape index (κ2) is 2.92. The van der Waals surface area contributed by atoms with Gasteiger partial charge in [-0.1, -0.05) is 31.8 Å². The van der Waals surface area contributed by atoms with Crippen LogP contribution in [0.25, 0.3) is 0 Å². The van der Waals surface area contributed by atoms with Crippen LogP contribution in [0.5, 0.6) is 0 Å². The van der Waals surface area contributed by atoms with Gasteiger partial charge in [0.2, 0.25) is 6.04 Å². The van der Waals surface area contributed by atoms with Crippen molar-refractivity contribution in [1.82, 2.24) is 0 Å². The minimum absolute atomic E-state index is 0.0681. The average Bonchev–Trinajstić information content (AvgIpc) is 2.57. The maximum atomic E-state index is 10.9. The van der Waals surface area contributed by atoms with E-state index in [0.29, 0.717) is 11.5 Å². The van der Waals surface area contributed by atoms with E-state index in [-0.39, 0.29) is 16.9 Å². The fourth-order valence-electron chi connectivity index (χ4n) is 3.27. The fraction of sp³-hybridized carbons (Fsp3) is 0.800. The summed E-state index contributed by atoms with van der Waals surface area (Å²) in [5, 5.41) is 10.9. The highest BCUT2D eigenvalue weighted by molar-refractivity contribution is 6.77. The van der Waals surface area contributed by atoms with E-state index >= 15 is 0 Å². The van der Waals surface area contributed by atoms with Gasteiger partial charge in [-0.15, -0.1) is 0 Å². The van der Waals surface area contributed by atoms with Crippen molar-refractivity contribution < 1.29 is 4.92 Å². The Morgan fingerprint density at radius 3 is 2.36 bits per heavy atom. The maximum absolute atomic E-state index is 10.9. The molecule has 14 heavy (non-hydrogen) atoms. The monoisotopic (exact) mass is 211 g/mol. The lowest BCUT2D eigenvalue weighted by molar-refractivity contribution is -0.527. The number of nitro groups is 1. The number of allylic oxidation sites excluding steroid dienone is 1. The van der Waals surface area contributed by atoms with Crippen LogP contribution in [0.4, 0.5) is 0 Å². The van der Waals surface area contributed by atoms with Crippen LogP contribution >= 0.6 is 0 Å². The molecule has 0 saturated heterocycles. The first-order valence-corrected chi connectivity index (χ1v) is 8.81. The molecule has 4 atom stereocenters. The van der Waals surface area contributed by atoms with Gasteiger partial charge in [0.15, 0.2) is 0 Å². The summed E-state index contributed by atoms with van der Waals surface area (Å²) in [7, 11) is -1.24. The molecule has 78 valence electrons. The SMILES string of the molecule is C[Si](C)(C)C1C2C=CC1C([N+](=O)[O-])C2. The van der Waals surface area contributed by atoms with Gasteiger partial charge in [0.05, 0.1) is 0 Å². The summed E-state index contributed by atoms with van der Waals surface area (Å²) >= 11 is 0. The third kappa shape index (κ3) is 1.32. The molecule has 1 fully saturated rings. The molecule has 4 unspecified atom stereocenters. The molecule has 1 saturated carbocycles. The molecule has 3 nitrogen and oxygen atoms in total. The van der Waals surface area contributed by atoms with Crippen molar-refractivity contribution >= 4 is 8.07 Å². The van der Waals surface area contributed by atoms with Crippen LogP contribution in [0.1, 0.15) is 6.42 Å². The normalized spacial score (nSPS) is 40.5. The highest BCUT2D eigenvalue weighted by atomic mass is 28.3. The van der Waals surface area contributed by atoms with Crippen LogP contribution in [0.3, 0.4) is 0 Å². The number of rotatable bonds is 2. The largest absolute Gasteiger partial charge is 0.264 e. The summed E-state index contributed by atoms with van der Waals surface area (Å²) in [6.07, 6.45) is 5.10. The Kier molecular flexibility index (Phi) is 2.06. The van der Waals surface area contributed by atoms with Gasteiger partial charge in [0, 0.05) is 25.3 Å². The lowest BCUT2D eigenvalue weighted by atomic mass is 10.0. The topological polar surface area (TPSA) is 43.1 Å². The van der Waals surface area contributed by atoms with Gasteiger partial charge >= 0.3 is 0 Å². The summed E-state index contributed by atoms with van der Waals surface area (Å²) in [4.78, 5) is 10.8. The van der Waals surface area contributed by atoms with Gasteiger partial charge in [0.25, 0.3) is 0 Å². The predicted molar refractivity (Wildman–Crippen MR) is 58.6 cm³/mol. The smallest absolute Gasteiger partial charge is 0.219 e. The Hall–Kier alpha value is -0.643. The fourth-order valence-corrected chi connectivity index (χ4v) is 6.29. The zero-order valence-electron chi connectivity index (χ0n) is 8.93. The van der Waals surface area contributed by atoms with Crippen molar-refractivity contribution in [3.05, 3.63) is 22.3 Å². The van der Waals surface area contributed by atoms with Crippen molar-refractivity contribution in [3.63, 3.8) is 0 Å². The first-order valence-electron chi connectivity index (χ1n) is 5.23. The third-order valence-corrected chi connectivity index (χ3v) is 6.50. The molecule has 0 aliphatic heterocycles. The summed E-state index contributed by atoms with van der Waals surface area (Å²) < 4.78 is 0. The summed E-state index contributed by atoms with van der Waals surface area (Å²) in [6, 6.07) is -0.290. The molecular formula is C10H17NO2Si. The lowest BCUT2D eigenvalue weighted by Gasteiger charge is -2.28. The quantitative estimate of drug-likeness (QED) is 0.305. The molecule has 0 aromatic heterocycles. The molecule has 2 aliphatic rings. The molecular weight excluding hydrogens is 194 g/mol. The molecule has 0 amide bonds. The van der Waals surface area contributed by atoms with Gasteiger partial charge in [-0.25, -0.2) is 0 Å². The molecule has 0 N–H and O–H groups in total. The Morgan fingerprint density at radius 1 is 1.36 bits per heavy atom. The van der Waals surface area contributed by atoms with Crippen molar-refractivity contribution in [2.24, 2.45) is 11.8 Å². The van der Waals surface area contributed by atoms with Crippen molar-refractivity contribution in [3.8, 4) is 0 Å². The molecule has 0 spiro atoms. The van der Waals surface area contributed by atoms with E-state index in [0.717, 1.165) is 6.42 Å². The third-order valence-electron chi connectivity index (χ3n) is 3.69. The molecule has 2 rings (SSSR count). The van der Waals surface area contributed by atoms with Crippen LogP contribution in [0.2, 0.25) is 25.2 Å². The Balaban J connectivity index is 2.24. The molecule has 0 aromatic carbocycles. The second-order valence-electron chi connectivity index (χ2n) is 5.61. The van der Waals surface area contributed by atoms with Crippen molar-refractivity contribution in [2.75, 3.05) is 0 Å². The number of nitrogens with zero attached hydrogens (tertiary/aromatic N) is 1. The van der Waals surface area contributed by atoms with Crippen LogP contribution in [0.15, 0.2) is 12.2 Å². The second-order valence-corrected chi connectivity index (χ2v) is 11.0. The van der Waals surface area contributed by atoms with E-state index in [1.807, 2.05) is 0 Å². The summed E-state index contributed by atoms with van der Waals surface area (Å²) in [5.74, 6) is 0.740. The Morgan fingerprint density at radius 2 is 2.00 bits per heavy atom. The molecule has 0 aromatic rings. The highest BCUT2D eigenvalue weighted by Crippen LogP contribution is 2.54. The zero-order valence-corrected chi connectivity index (χ0v) is 9.93. The van der Waals surface area contributed by atoms with Crippen LogP contribution in [0, 0.1) is 22.0 Å². The summed E-state index contributed by atoms with van der Waals surface area (Å²) in [6.45, 7) is 6.98. The van der Waals surface area contributed by atoms with Crippen LogP contribution in [-0.4, -0.2) is 19.0 Å². The predicted octanol–water partition coefficient (Wildman–Crippen LogP) is 2.55. The van der Waals surface area contributed by atoms with E-state index in [1.165, 1.54) is 0 Å². The molecule has 0 radical (unpaired) electrons. The minimum Gasteiger partial charge on any atom is -0.264 e. The van der Waals surface area contributed by atoms with Gasteiger partial charge in [-0.2, -0.15) is 0 Å². The maximum Gasteiger partial charge on any atom is 0.219 e. The molecule has 0 heterocycles. The number of fused-ring (bicyclic) bond motifs is 2. The van der Waals surface area contributed by atoms with E-state index in [4.69, 9.17) is 0 Å². The molecule has 4 heteroatoms. The van der Waals surface area contributed by atoms with E-state index < -0.39 is 8.07 Å². The lowest BCUT2D eigenvalue weighted by Crippen LogP contribution is -2.34. The van der Waals surface area contributed by atoms with Crippen molar-refractivity contribution in [2.45, 2.75) is 37.6 Å². The van der Waals surface area contributed by atoms with E-state index in [9.17, 15) is 10.1 Å². The number of hydrogen-bond donors (Lipinski definition) is 0. The molecule has 2 bridgehead atoms. The first kappa shape index (κ1) is 9.89. The van der Waals surface area contributed by atoms with Crippen LogP contribution < -0.4 is 0 Å². The minimum atomic E-state index is -1.24. The average molecular weight is 211 g/mol. The van der Waals surface area contributed by atoms with Crippen LogP contribution in [-0.2, 0) is 0 Å². The number of hydrogen-bond acceptors (Lipinski definition) is 2. The van der Waals surface area contributed by atoms with Gasteiger partial charge < -0.3 is 0 Å². The van der Waals surface area contributed by atoms with Gasteiger partial charge in [-0.3, -0.25) is 10.1 Å². The standard InChI is InChI=1S/C10H17NO2Si/c1-14(2,3)10-7-4-5-8(10)9(6-7)11(12)13/h4-5,7-10H,6H2,1-3H3. The Bertz CT molecular complexity index is 295. The molecule has 2 aliphatic carbocycles. The van der Waals surface area contributed by atoms with E-state index in [1.54, 1.807) is 0 Å². The summed E-state index contributed by atoms with van der Waals surface area (Å²) in [5.41, 5.74) is 0.609. The highest BCUT2D eigenvalue weighted by Gasteiger charge is 2.54. The van der Waals surface area contributed by atoms with Gasteiger partial charge in [-0.05, 0) is 11.5 Å². The van der Waals surface area contributed by atoms with Crippen molar-refractivity contribution in [1.29, 1.82) is 0 Å². The Labute approximate surface area is 85.4 Å². The first-order chi connectivity index (χ1) is 6.41. The van der Waals surface area contributed by atoms with Gasteiger partial charge in [0.1, 0.15) is 0 Å². The van der Waals surface area contributed by atoms with E-state index in [2.05, 4.69) is 31.8 Å². The zero-order chi connectivity index (χ0) is 10.5.